The number of carbonyl (C=O) groups is 2. The fourth-order valence-corrected chi connectivity index (χ4v) is 4.03. The van der Waals surface area contributed by atoms with Gasteiger partial charge in [-0.15, -0.1) is 0 Å². The third-order valence-corrected chi connectivity index (χ3v) is 5.35. The zero-order valence-corrected chi connectivity index (χ0v) is 12.9. The third-order valence-electron chi connectivity index (χ3n) is 5.35. The van der Waals surface area contributed by atoms with E-state index in [2.05, 4.69) is 0 Å². The summed E-state index contributed by atoms with van der Waals surface area (Å²) in [5.74, 6) is -0.572. The van der Waals surface area contributed by atoms with Crippen LogP contribution in [-0.4, -0.2) is 29.1 Å². The van der Waals surface area contributed by atoms with E-state index < -0.39 is 17.0 Å². The van der Waals surface area contributed by atoms with Crippen LogP contribution in [0.2, 0.25) is 0 Å². The van der Waals surface area contributed by atoms with Gasteiger partial charge in [0, 0.05) is 17.9 Å². The summed E-state index contributed by atoms with van der Waals surface area (Å²) in [6.45, 7) is 6.89. The Kier molecular flexibility index (Phi) is 2.83. The SMILES string of the molecule is CC(=O)O[C@@]1(C)C(=O)C2=CC(C)=C(CO)C2=C(C)C12CC2. The predicted molar refractivity (Wildman–Crippen MR) is 77.4 cm³/mol. The Morgan fingerprint density at radius 1 is 1.38 bits per heavy atom. The van der Waals surface area contributed by atoms with E-state index in [1.165, 1.54) is 6.92 Å². The first-order chi connectivity index (χ1) is 9.78. The van der Waals surface area contributed by atoms with Gasteiger partial charge in [0.1, 0.15) is 0 Å². The number of allylic oxidation sites excluding steroid dienone is 2. The summed E-state index contributed by atoms with van der Waals surface area (Å²) in [4.78, 5) is 24.5. The molecular weight excluding hydrogens is 268 g/mol. The minimum atomic E-state index is -1.12. The Morgan fingerprint density at radius 2 is 2.00 bits per heavy atom. The second kappa shape index (κ2) is 4.17. The quantitative estimate of drug-likeness (QED) is 0.791. The van der Waals surface area contributed by atoms with Crippen LogP contribution in [0.1, 0.15) is 40.5 Å². The molecule has 0 aromatic heterocycles. The number of rotatable bonds is 2. The van der Waals surface area contributed by atoms with E-state index >= 15 is 0 Å². The van der Waals surface area contributed by atoms with Crippen molar-refractivity contribution in [1.29, 1.82) is 0 Å². The number of esters is 1. The predicted octanol–water partition coefficient (Wildman–Crippen LogP) is 2.24. The topological polar surface area (TPSA) is 63.6 Å². The highest BCUT2D eigenvalue weighted by molar-refractivity contribution is 6.11. The molecule has 1 spiro atoms. The van der Waals surface area contributed by atoms with Gasteiger partial charge in [-0.25, -0.2) is 0 Å². The molecule has 1 fully saturated rings. The maximum Gasteiger partial charge on any atom is 0.303 e. The van der Waals surface area contributed by atoms with Crippen molar-refractivity contribution in [3.05, 3.63) is 33.9 Å². The summed E-state index contributed by atoms with van der Waals surface area (Å²) in [6, 6.07) is 0. The number of carbonyl (C=O) groups excluding carboxylic acids is 2. The maximum atomic E-state index is 13.0. The molecule has 0 radical (unpaired) electrons. The minimum absolute atomic E-state index is 0.0772. The van der Waals surface area contributed by atoms with E-state index in [0.717, 1.165) is 35.1 Å². The summed E-state index contributed by atoms with van der Waals surface area (Å²) in [5, 5.41) is 9.62. The van der Waals surface area contributed by atoms with E-state index in [1.54, 1.807) is 6.92 Å². The number of ether oxygens (including phenoxy) is 1. The number of aliphatic hydroxyl groups is 1. The Balaban J connectivity index is 2.22. The summed E-state index contributed by atoms with van der Waals surface area (Å²) in [7, 11) is 0. The highest BCUT2D eigenvalue weighted by Crippen LogP contribution is 2.66. The van der Waals surface area contributed by atoms with E-state index in [4.69, 9.17) is 4.74 Å². The molecule has 0 heterocycles. The number of hydrogen-bond acceptors (Lipinski definition) is 4. The lowest BCUT2D eigenvalue weighted by Crippen LogP contribution is -2.52. The molecule has 1 saturated carbocycles. The fourth-order valence-electron chi connectivity index (χ4n) is 4.03. The van der Waals surface area contributed by atoms with Gasteiger partial charge in [0.25, 0.3) is 0 Å². The molecule has 0 amide bonds. The van der Waals surface area contributed by atoms with Crippen molar-refractivity contribution < 1.29 is 19.4 Å². The van der Waals surface area contributed by atoms with Crippen molar-refractivity contribution >= 4 is 11.8 Å². The van der Waals surface area contributed by atoms with Crippen LogP contribution >= 0.6 is 0 Å². The van der Waals surface area contributed by atoms with E-state index in [0.29, 0.717) is 5.57 Å². The molecule has 112 valence electrons. The number of aliphatic hydroxyl groups excluding tert-OH is 1. The molecule has 0 unspecified atom stereocenters. The van der Waals surface area contributed by atoms with Gasteiger partial charge in [0.2, 0.25) is 5.78 Å². The van der Waals surface area contributed by atoms with Crippen molar-refractivity contribution in [1.82, 2.24) is 0 Å². The second-order valence-corrected chi connectivity index (χ2v) is 6.42. The molecule has 0 saturated heterocycles. The number of ketones is 1. The number of fused-ring (bicyclic) bond motifs is 1. The summed E-state index contributed by atoms with van der Waals surface area (Å²) in [5.41, 5.74) is 2.75. The molecule has 3 rings (SSSR count). The standard InChI is InChI=1S/C17H20O4/c1-9-7-12-14(13(9)8-18)10(2)17(5-6-17)16(4,15(12)20)21-11(3)19/h7,18H,5-6,8H2,1-4H3/t16-/m0/s1. The molecule has 1 atom stereocenters. The van der Waals surface area contributed by atoms with Crippen LogP contribution in [0, 0.1) is 5.41 Å². The second-order valence-electron chi connectivity index (χ2n) is 6.42. The molecular formula is C17H20O4. The van der Waals surface area contributed by atoms with Crippen LogP contribution in [-0.2, 0) is 14.3 Å². The Labute approximate surface area is 124 Å². The first kappa shape index (κ1) is 14.3. The van der Waals surface area contributed by atoms with Gasteiger partial charge >= 0.3 is 5.97 Å². The largest absolute Gasteiger partial charge is 0.450 e. The minimum Gasteiger partial charge on any atom is -0.450 e. The first-order valence-electron chi connectivity index (χ1n) is 7.27. The molecule has 0 aromatic rings. The Bertz CT molecular complexity index is 658. The van der Waals surface area contributed by atoms with Gasteiger partial charge in [-0.3, -0.25) is 9.59 Å². The maximum absolute atomic E-state index is 13.0. The molecule has 3 aliphatic carbocycles. The number of Topliss-reactive ketones (excluding diaryl/α,β-unsaturated/α-hetero) is 1. The van der Waals surface area contributed by atoms with Crippen molar-refractivity contribution in [2.75, 3.05) is 6.61 Å². The lowest BCUT2D eigenvalue weighted by Gasteiger charge is -2.42. The third kappa shape index (κ3) is 1.59. The first-order valence-corrected chi connectivity index (χ1v) is 7.27. The zero-order chi connectivity index (χ0) is 15.6. The van der Waals surface area contributed by atoms with Crippen molar-refractivity contribution in [3.63, 3.8) is 0 Å². The van der Waals surface area contributed by atoms with Crippen LogP contribution in [0.5, 0.6) is 0 Å². The highest BCUT2D eigenvalue weighted by Gasteiger charge is 2.67. The summed E-state index contributed by atoms with van der Waals surface area (Å²) < 4.78 is 5.51. The summed E-state index contributed by atoms with van der Waals surface area (Å²) >= 11 is 0. The average Bonchev–Trinajstić information content (AvgIpc) is 3.14. The van der Waals surface area contributed by atoms with E-state index in [9.17, 15) is 14.7 Å². The van der Waals surface area contributed by atoms with Crippen LogP contribution in [0.25, 0.3) is 0 Å². The fraction of sp³-hybridized carbons (Fsp3) is 0.529. The van der Waals surface area contributed by atoms with Crippen molar-refractivity contribution in [2.45, 2.75) is 46.1 Å². The van der Waals surface area contributed by atoms with Gasteiger partial charge in [0.15, 0.2) is 5.60 Å². The monoisotopic (exact) mass is 288 g/mol. The molecule has 0 aliphatic heterocycles. The molecule has 21 heavy (non-hydrogen) atoms. The normalized spacial score (nSPS) is 29.8. The zero-order valence-electron chi connectivity index (χ0n) is 12.9. The lowest BCUT2D eigenvalue weighted by molar-refractivity contribution is -0.169. The smallest absolute Gasteiger partial charge is 0.303 e. The molecule has 4 heteroatoms. The van der Waals surface area contributed by atoms with Crippen LogP contribution in [0.15, 0.2) is 33.9 Å². The molecule has 4 nitrogen and oxygen atoms in total. The average molecular weight is 288 g/mol. The van der Waals surface area contributed by atoms with Gasteiger partial charge in [-0.1, -0.05) is 5.57 Å². The van der Waals surface area contributed by atoms with Crippen LogP contribution in [0.4, 0.5) is 0 Å². The van der Waals surface area contributed by atoms with Crippen LogP contribution < -0.4 is 0 Å². The van der Waals surface area contributed by atoms with Gasteiger partial charge < -0.3 is 9.84 Å². The molecule has 0 aromatic carbocycles. The van der Waals surface area contributed by atoms with Gasteiger partial charge in [-0.05, 0) is 56.4 Å². The van der Waals surface area contributed by atoms with Crippen molar-refractivity contribution in [3.8, 4) is 0 Å². The van der Waals surface area contributed by atoms with Gasteiger partial charge in [0.05, 0.1) is 6.61 Å². The summed E-state index contributed by atoms with van der Waals surface area (Å²) in [6.07, 6.45) is 3.48. The van der Waals surface area contributed by atoms with Gasteiger partial charge in [-0.2, -0.15) is 0 Å². The van der Waals surface area contributed by atoms with Crippen LogP contribution in [0.3, 0.4) is 0 Å². The highest BCUT2D eigenvalue weighted by atomic mass is 16.6. The van der Waals surface area contributed by atoms with E-state index in [-0.39, 0.29) is 12.4 Å². The Morgan fingerprint density at radius 3 is 2.48 bits per heavy atom. The molecule has 0 bridgehead atoms. The van der Waals surface area contributed by atoms with Crippen molar-refractivity contribution in [2.24, 2.45) is 5.41 Å². The Hall–Kier alpha value is -1.68. The molecule has 1 N–H and O–H groups in total. The lowest BCUT2D eigenvalue weighted by atomic mass is 9.67. The molecule has 3 aliphatic rings. The van der Waals surface area contributed by atoms with E-state index in [1.807, 2.05) is 19.9 Å². The number of hydrogen-bond donors (Lipinski definition) is 1.